The molecule has 0 bridgehead atoms. The van der Waals surface area contributed by atoms with Crippen LogP contribution in [-0.2, 0) is 0 Å². The number of rotatable bonds is 2. The molecule has 96 valence electrons. The van der Waals surface area contributed by atoms with Crippen LogP contribution in [0.4, 0.5) is 5.69 Å². The Hall–Kier alpha value is -1.33. The van der Waals surface area contributed by atoms with Gasteiger partial charge in [-0.05, 0) is 32.0 Å². The Kier molecular flexibility index (Phi) is 3.09. The second-order valence-electron chi connectivity index (χ2n) is 4.80. The zero-order valence-electron chi connectivity index (χ0n) is 10.4. The number of nitrogens with zero attached hydrogens (tertiary/aromatic N) is 2. The highest BCUT2D eigenvalue weighted by Crippen LogP contribution is 2.33. The highest BCUT2D eigenvalue weighted by atomic mass is 32.1. The van der Waals surface area contributed by atoms with E-state index in [4.69, 9.17) is 10.5 Å². The van der Waals surface area contributed by atoms with E-state index < -0.39 is 0 Å². The summed E-state index contributed by atoms with van der Waals surface area (Å²) in [7, 11) is 2.14. The summed E-state index contributed by atoms with van der Waals surface area (Å²) in [5.41, 5.74) is 9.48. The quantitative estimate of drug-likeness (QED) is 0.845. The van der Waals surface area contributed by atoms with E-state index in [1.807, 2.05) is 17.6 Å². The minimum atomic E-state index is 0.277. The van der Waals surface area contributed by atoms with Crippen LogP contribution in [0.5, 0.6) is 5.75 Å². The largest absolute Gasteiger partial charge is 0.488 e. The number of likely N-dealkylation sites (tertiary alicyclic amines) is 1. The van der Waals surface area contributed by atoms with Crippen molar-refractivity contribution in [2.45, 2.75) is 18.9 Å². The lowest BCUT2D eigenvalue weighted by Crippen LogP contribution is -2.35. The van der Waals surface area contributed by atoms with E-state index in [0.29, 0.717) is 5.69 Å². The van der Waals surface area contributed by atoms with Crippen LogP contribution >= 0.6 is 11.3 Å². The molecule has 0 amide bonds. The van der Waals surface area contributed by atoms with Crippen molar-refractivity contribution in [3.63, 3.8) is 0 Å². The molecule has 1 aromatic carbocycles. The first kappa shape index (κ1) is 11.7. The number of thiazole rings is 1. The van der Waals surface area contributed by atoms with E-state index in [2.05, 4.69) is 16.9 Å². The molecular formula is C13H17N3OS. The van der Waals surface area contributed by atoms with E-state index >= 15 is 0 Å². The van der Waals surface area contributed by atoms with Gasteiger partial charge in [0.1, 0.15) is 23.1 Å². The summed E-state index contributed by atoms with van der Waals surface area (Å²) < 4.78 is 7.14. The molecule has 2 N–H and O–H groups in total. The summed E-state index contributed by atoms with van der Waals surface area (Å²) in [4.78, 5) is 6.62. The lowest BCUT2D eigenvalue weighted by atomic mass is 10.1. The molecule has 0 aliphatic carbocycles. The number of fused-ring (bicyclic) bond motifs is 1. The Morgan fingerprint density at radius 2 is 2.17 bits per heavy atom. The van der Waals surface area contributed by atoms with Crippen molar-refractivity contribution in [1.29, 1.82) is 0 Å². The Morgan fingerprint density at radius 1 is 1.39 bits per heavy atom. The number of piperidine rings is 1. The number of nitrogen functional groups attached to an aromatic ring is 1. The summed E-state index contributed by atoms with van der Waals surface area (Å²) in [5, 5.41) is 0. The molecule has 1 fully saturated rings. The molecule has 0 atom stereocenters. The predicted molar refractivity (Wildman–Crippen MR) is 75.2 cm³/mol. The number of hydrogen-bond acceptors (Lipinski definition) is 5. The van der Waals surface area contributed by atoms with E-state index in [1.165, 1.54) is 0 Å². The molecule has 4 nitrogen and oxygen atoms in total. The summed E-state index contributed by atoms with van der Waals surface area (Å²) in [6.07, 6.45) is 2.40. The first-order chi connectivity index (χ1) is 8.74. The summed E-state index contributed by atoms with van der Waals surface area (Å²) in [5.74, 6) is 0.781. The molecule has 2 aromatic rings. The zero-order valence-corrected chi connectivity index (χ0v) is 11.2. The first-order valence-corrected chi connectivity index (χ1v) is 7.09. The molecular weight excluding hydrogens is 246 g/mol. The van der Waals surface area contributed by atoms with Crippen LogP contribution in [0.25, 0.3) is 10.2 Å². The van der Waals surface area contributed by atoms with E-state index in [0.717, 1.165) is 41.9 Å². The topological polar surface area (TPSA) is 51.4 Å². The minimum Gasteiger partial charge on any atom is -0.488 e. The van der Waals surface area contributed by atoms with Gasteiger partial charge in [-0.25, -0.2) is 4.98 Å². The van der Waals surface area contributed by atoms with Gasteiger partial charge in [-0.2, -0.15) is 0 Å². The first-order valence-electron chi connectivity index (χ1n) is 6.21. The lowest BCUT2D eigenvalue weighted by Gasteiger charge is -2.29. The third-order valence-corrected chi connectivity index (χ3v) is 4.25. The predicted octanol–water partition coefficient (Wildman–Crippen LogP) is 2.35. The summed E-state index contributed by atoms with van der Waals surface area (Å²) >= 11 is 1.60. The molecule has 2 heterocycles. The van der Waals surface area contributed by atoms with Crippen LogP contribution in [0.1, 0.15) is 12.8 Å². The average molecular weight is 263 g/mol. The molecule has 18 heavy (non-hydrogen) atoms. The van der Waals surface area contributed by atoms with Crippen molar-refractivity contribution in [1.82, 2.24) is 9.88 Å². The molecule has 1 aliphatic heterocycles. The maximum atomic E-state index is 6.12. The average Bonchev–Trinajstić information content (AvgIpc) is 2.84. The summed E-state index contributed by atoms with van der Waals surface area (Å²) in [6.45, 7) is 2.17. The Labute approximate surface area is 110 Å². The number of ether oxygens (including phenoxy) is 1. The molecule has 5 heteroatoms. The molecule has 0 saturated carbocycles. The van der Waals surface area contributed by atoms with Crippen molar-refractivity contribution >= 4 is 27.2 Å². The van der Waals surface area contributed by atoms with Gasteiger partial charge in [0.15, 0.2) is 0 Å². The molecule has 0 unspecified atom stereocenters. The fourth-order valence-electron chi connectivity index (χ4n) is 2.32. The third kappa shape index (κ3) is 2.15. The van der Waals surface area contributed by atoms with Crippen molar-refractivity contribution in [2.75, 3.05) is 25.9 Å². The Balaban J connectivity index is 1.80. The maximum Gasteiger partial charge on any atom is 0.144 e. The highest BCUT2D eigenvalue weighted by molar-refractivity contribution is 7.16. The SMILES string of the molecule is CN1CCC(Oc2ccc3scnc3c2N)CC1. The standard InChI is InChI=1S/C13H17N3OS/c1-16-6-4-9(5-7-16)17-10-2-3-11-13(12(10)14)15-8-18-11/h2-3,8-9H,4-7,14H2,1H3. The second-order valence-corrected chi connectivity index (χ2v) is 5.68. The van der Waals surface area contributed by atoms with Gasteiger partial charge in [-0.1, -0.05) is 0 Å². The molecule has 1 aliphatic rings. The molecule has 0 radical (unpaired) electrons. The third-order valence-electron chi connectivity index (χ3n) is 3.46. The van der Waals surface area contributed by atoms with Crippen LogP contribution in [0.2, 0.25) is 0 Å². The number of anilines is 1. The monoisotopic (exact) mass is 263 g/mol. The fourth-order valence-corrected chi connectivity index (χ4v) is 3.01. The number of benzene rings is 1. The van der Waals surface area contributed by atoms with E-state index in [-0.39, 0.29) is 6.10 Å². The second kappa shape index (κ2) is 4.74. The number of hydrogen-bond donors (Lipinski definition) is 1. The van der Waals surface area contributed by atoms with Gasteiger partial charge in [0.2, 0.25) is 0 Å². The molecule has 1 saturated heterocycles. The lowest BCUT2D eigenvalue weighted by molar-refractivity contribution is 0.115. The van der Waals surface area contributed by atoms with Crippen LogP contribution < -0.4 is 10.5 Å². The maximum absolute atomic E-state index is 6.12. The van der Waals surface area contributed by atoms with Crippen LogP contribution in [0.15, 0.2) is 17.6 Å². The molecule has 0 spiro atoms. The Morgan fingerprint density at radius 3 is 2.94 bits per heavy atom. The van der Waals surface area contributed by atoms with Crippen LogP contribution in [0, 0.1) is 0 Å². The Bertz CT molecular complexity index is 546. The van der Waals surface area contributed by atoms with Crippen molar-refractivity contribution in [3.05, 3.63) is 17.6 Å². The van der Waals surface area contributed by atoms with E-state index in [1.54, 1.807) is 11.3 Å². The van der Waals surface area contributed by atoms with Gasteiger partial charge >= 0.3 is 0 Å². The molecule has 1 aromatic heterocycles. The normalized spacial score (nSPS) is 18.3. The zero-order chi connectivity index (χ0) is 12.5. The van der Waals surface area contributed by atoms with Crippen molar-refractivity contribution in [3.8, 4) is 5.75 Å². The highest BCUT2D eigenvalue weighted by Gasteiger charge is 2.19. The van der Waals surface area contributed by atoms with Gasteiger partial charge < -0.3 is 15.4 Å². The van der Waals surface area contributed by atoms with E-state index in [9.17, 15) is 0 Å². The summed E-state index contributed by atoms with van der Waals surface area (Å²) in [6, 6.07) is 4.00. The fraction of sp³-hybridized carbons (Fsp3) is 0.462. The van der Waals surface area contributed by atoms with Crippen molar-refractivity contribution in [2.24, 2.45) is 0 Å². The van der Waals surface area contributed by atoms with Crippen LogP contribution in [-0.4, -0.2) is 36.1 Å². The minimum absolute atomic E-state index is 0.277. The van der Waals surface area contributed by atoms with Crippen LogP contribution in [0.3, 0.4) is 0 Å². The van der Waals surface area contributed by atoms with Gasteiger partial charge in [-0.3, -0.25) is 0 Å². The molecule has 3 rings (SSSR count). The number of nitrogens with two attached hydrogens (primary N) is 1. The van der Waals surface area contributed by atoms with Gasteiger partial charge in [0.25, 0.3) is 0 Å². The van der Waals surface area contributed by atoms with Crippen molar-refractivity contribution < 1.29 is 4.74 Å². The van der Waals surface area contributed by atoms with Gasteiger partial charge in [0, 0.05) is 13.1 Å². The van der Waals surface area contributed by atoms with Gasteiger partial charge in [0.05, 0.1) is 10.2 Å². The van der Waals surface area contributed by atoms with Gasteiger partial charge in [-0.15, -0.1) is 11.3 Å². The smallest absolute Gasteiger partial charge is 0.144 e. The number of aromatic nitrogens is 1.